The molecule has 12 heteroatoms. The van der Waals surface area contributed by atoms with Crippen molar-refractivity contribution in [3.8, 4) is 0 Å². The lowest BCUT2D eigenvalue weighted by atomic mass is 9.88. The van der Waals surface area contributed by atoms with Gasteiger partial charge in [-0.05, 0) is 85.0 Å². The molecule has 0 radical (unpaired) electrons. The van der Waals surface area contributed by atoms with Gasteiger partial charge < -0.3 is 9.80 Å². The fraction of sp³-hybridized carbons (Fsp3) is 0.250. The highest BCUT2D eigenvalue weighted by Gasteiger charge is 2.30. The third kappa shape index (κ3) is 6.49. The number of hydrogen-bond donors (Lipinski definition) is 2. The van der Waals surface area contributed by atoms with E-state index in [0.717, 1.165) is 28.4 Å². The van der Waals surface area contributed by atoms with Gasteiger partial charge in [0.15, 0.2) is 0 Å². The topological polar surface area (TPSA) is 98.8 Å². The van der Waals surface area contributed by atoms with Crippen LogP contribution in [-0.4, -0.2) is 43.0 Å². The molecule has 1 saturated heterocycles. The van der Waals surface area contributed by atoms with Crippen LogP contribution in [0.3, 0.4) is 0 Å². The maximum absolute atomic E-state index is 14.5. The van der Waals surface area contributed by atoms with Crippen molar-refractivity contribution in [2.75, 3.05) is 40.7 Å². The first-order valence-electron chi connectivity index (χ1n) is 14.4. The van der Waals surface area contributed by atoms with Gasteiger partial charge in [-0.25, -0.2) is 25.9 Å². The van der Waals surface area contributed by atoms with Crippen LogP contribution in [0.1, 0.15) is 30.0 Å². The number of hydrogen-bond acceptors (Lipinski definition) is 6. The van der Waals surface area contributed by atoms with Gasteiger partial charge in [0.25, 0.3) is 10.0 Å². The third-order valence-corrected chi connectivity index (χ3v) is 11.5. The van der Waals surface area contributed by atoms with E-state index in [-0.39, 0.29) is 21.3 Å². The fourth-order valence-electron chi connectivity index (χ4n) is 5.91. The molecule has 6 rings (SSSR count). The Bertz CT molecular complexity index is 1880. The molecule has 44 heavy (non-hydrogen) atoms. The van der Waals surface area contributed by atoms with E-state index in [2.05, 4.69) is 25.4 Å². The summed E-state index contributed by atoms with van der Waals surface area (Å²) in [5, 5.41) is 0. The summed E-state index contributed by atoms with van der Waals surface area (Å²) in [6.45, 7) is 1.88. The normalized spacial score (nSPS) is 17.3. The second-order valence-corrected chi connectivity index (χ2v) is 15.2. The predicted molar refractivity (Wildman–Crippen MR) is 175 cm³/mol. The molecule has 4 aromatic rings. The first-order chi connectivity index (χ1) is 21.1. The molecule has 2 N–H and O–H groups in total. The summed E-state index contributed by atoms with van der Waals surface area (Å²) in [7, 11) is -8.09. The standard InChI is InChI=1S/C32H32BrFN4O4S2/c33-24-12-15-26(16-13-24)43(39,40)35-25-14-17-31(38-20-18-37(19-21-38)30-11-4-3-9-28(30)34)32(22-25)44(41,42)36-29-10-5-7-23-6-1-2-8-27(23)29/h1-4,6,8-9,11-17,22,29,35-36H,5,7,10,18-21H2/t29-/m0/s1. The van der Waals surface area contributed by atoms with E-state index in [1.165, 1.54) is 24.3 Å². The molecule has 0 unspecified atom stereocenters. The number of sulfonamides is 2. The van der Waals surface area contributed by atoms with Gasteiger partial charge in [-0.2, -0.15) is 0 Å². The molecular formula is C32H32BrFN4O4S2. The molecule has 1 fully saturated rings. The Morgan fingerprint density at radius 1 is 0.750 bits per heavy atom. The zero-order valence-electron chi connectivity index (χ0n) is 23.8. The zero-order valence-corrected chi connectivity index (χ0v) is 27.0. The number of aryl methyl sites for hydroxylation is 1. The maximum atomic E-state index is 14.5. The van der Waals surface area contributed by atoms with Crippen molar-refractivity contribution >= 4 is 53.0 Å². The maximum Gasteiger partial charge on any atom is 0.261 e. The second-order valence-electron chi connectivity index (χ2n) is 10.9. The summed E-state index contributed by atoms with van der Waals surface area (Å²) in [5.41, 5.74) is 3.17. The van der Waals surface area contributed by atoms with Crippen LogP contribution in [0.4, 0.5) is 21.5 Å². The minimum atomic E-state index is -4.11. The number of rotatable bonds is 8. The first-order valence-corrected chi connectivity index (χ1v) is 18.1. The largest absolute Gasteiger partial charge is 0.367 e. The Kier molecular flexibility index (Phi) is 8.69. The van der Waals surface area contributed by atoms with Crippen LogP contribution < -0.4 is 19.2 Å². The van der Waals surface area contributed by atoms with Crippen LogP contribution >= 0.6 is 15.9 Å². The van der Waals surface area contributed by atoms with Gasteiger partial charge in [0, 0.05) is 36.7 Å². The van der Waals surface area contributed by atoms with E-state index in [9.17, 15) is 21.2 Å². The predicted octanol–water partition coefficient (Wildman–Crippen LogP) is 6.07. The highest BCUT2D eigenvalue weighted by atomic mass is 79.9. The average Bonchev–Trinajstić information content (AvgIpc) is 3.01. The summed E-state index contributed by atoms with van der Waals surface area (Å²) in [6, 6.07) is 24.8. The first kappa shape index (κ1) is 30.6. The van der Waals surface area contributed by atoms with Crippen molar-refractivity contribution in [3.63, 3.8) is 0 Å². The number of para-hydroxylation sites is 1. The minimum Gasteiger partial charge on any atom is -0.367 e. The Hall–Kier alpha value is -3.45. The van der Waals surface area contributed by atoms with Gasteiger partial charge >= 0.3 is 0 Å². The zero-order chi connectivity index (χ0) is 30.9. The molecule has 0 amide bonds. The highest BCUT2D eigenvalue weighted by Crippen LogP contribution is 2.35. The molecule has 0 spiro atoms. The Morgan fingerprint density at radius 3 is 2.14 bits per heavy atom. The van der Waals surface area contributed by atoms with Gasteiger partial charge in [0.05, 0.1) is 22.0 Å². The van der Waals surface area contributed by atoms with E-state index >= 15 is 0 Å². The van der Waals surface area contributed by atoms with E-state index < -0.39 is 26.1 Å². The monoisotopic (exact) mass is 698 g/mol. The van der Waals surface area contributed by atoms with Crippen molar-refractivity contribution in [2.24, 2.45) is 0 Å². The third-order valence-electron chi connectivity index (χ3n) is 8.11. The molecule has 0 bridgehead atoms. The van der Waals surface area contributed by atoms with Crippen LogP contribution in [0, 0.1) is 5.82 Å². The SMILES string of the molecule is O=S(=O)(Nc1ccc(N2CCN(c3ccccc3F)CC2)c(S(=O)(=O)N[C@H]2CCCc3ccccc32)c1)c1ccc(Br)cc1. The van der Waals surface area contributed by atoms with Crippen LogP contribution in [-0.2, 0) is 26.5 Å². The molecule has 0 saturated carbocycles. The second kappa shape index (κ2) is 12.5. The molecule has 1 heterocycles. The molecule has 2 aliphatic rings. The summed E-state index contributed by atoms with van der Waals surface area (Å²) < 4.78 is 75.3. The lowest BCUT2D eigenvalue weighted by molar-refractivity contribution is 0.507. The molecule has 230 valence electrons. The fourth-order valence-corrected chi connectivity index (χ4v) is 8.72. The number of benzene rings is 4. The molecule has 1 aliphatic heterocycles. The van der Waals surface area contributed by atoms with E-state index in [1.807, 2.05) is 34.1 Å². The smallest absolute Gasteiger partial charge is 0.261 e. The lowest BCUT2D eigenvalue weighted by Crippen LogP contribution is -2.47. The van der Waals surface area contributed by atoms with Crippen molar-refractivity contribution in [1.82, 2.24) is 4.72 Å². The van der Waals surface area contributed by atoms with Crippen LogP contribution in [0.2, 0.25) is 0 Å². The van der Waals surface area contributed by atoms with Crippen LogP contribution in [0.5, 0.6) is 0 Å². The van der Waals surface area contributed by atoms with Crippen molar-refractivity contribution < 1.29 is 21.2 Å². The van der Waals surface area contributed by atoms with Crippen molar-refractivity contribution in [1.29, 1.82) is 0 Å². The quantitative estimate of drug-likeness (QED) is 0.232. The average molecular weight is 700 g/mol. The van der Waals surface area contributed by atoms with E-state index in [0.29, 0.717) is 44.0 Å². The van der Waals surface area contributed by atoms with Crippen molar-refractivity contribution in [3.05, 3.63) is 112 Å². The van der Waals surface area contributed by atoms with Gasteiger partial charge in [-0.1, -0.05) is 52.3 Å². The van der Waals surface area contributed by atoms with Gasteiger partial charge in [0.2, 0.25) is 10.0 Å². The molecular weight excluding hydrogens is 667 g/mol. The number of fused-ring (bicyclic) bond motifs is 1. The summed E-state index contributed by atoms with van der Waals surface area (Å²) in [6.07, 6.45) is 2.39. The lowest BCUT2D eigenvalue weighted by Gasteiger charge is -2.38. The number of anilines is 3. The number of nitrogens with one attached hydrogen (secondary N) is 2. The molecule has 8 nitrogen and oxygen atoms in total. The number of piperazine rings is 1. The van der Waals surface area contributed by atoms with Crippen LogP contribution in [0.25, 0.3) is 0 Å². The Morgan fingerprint density at radius 2 is 1.41 bits per heavy atom. The number of halogens is 2. The summed E-state index contributed by atoms with van der Waals surface area (Å²) >= 11 is 3.31. The molecule has 0 aromatic heterocycles. The minimum absolute atomic E-state index is 0.0177. The Balaban J connectivity index is 1.33. The summed E-state index contributed by atoms with van der Waals surface area (Å²) in [4.78, 5) is 3.93. The number of nitrogens with zero attached hydrogens (tertiary/aromatic N) is 2. The van der Waals surface area contributed by atoms with Gasteiger partial charge in [0.1, 0.15) is 10.7 Å². The summed E-state index contributed by atoms with van der Waals surface area (Å²) in [5.74, 6) is -0.302. The molecule has 1 aliphatic carbocycles. The van der Waals surface area contributed by atoms with E-state index in [1.54, 1.807) is 42.5 Å². The van der Waals surface area contributed by atoms with Crippen molar-refractivity contribution in [2.45, 2.75) is 35.1 Å². The van der Waals surface area contributed by atoms with Gasteiger partial charge in [-0.15, -0.1) is 0 Å². The highest BCUT2D eigenvalue weighted by molar-refractivity contribution is 9.10. The van der Waals surface area contributed by atoms with E-state index in [4.69, 9.17) is 0 Å². The Labute approximate surface area is 266 Å². The van der Waals surface area contributed by atoms with Crippen LogP contribution in [0.15, 0.2) is 105 Å². The molecule has 1 atom stereocenters. The van der Waals surface area contributed by atoms with Gasteiger partial charge in [-0.3, -0.25) is 4.72 Å². The molecule has 4 aromatic carbocycles.